The number of hydrogen-bond acceptors (Lipinski definition) is 3. The fourth-order valence-electron chi connectivity index (χ4n) is 4.14. The molecular weight excluding hydrogens is 296 g/mol. The van der Waals surface area contributed by atoms with Crippen molar-refractivity contribution in [2.24, 2.45) is 7.05 Å². The highest BCUT2D eigenvalue weighted by molar-refractivity contribution is 5.34. The van der Waals surface area contributed by atoms with Crippen LogP contribution in [0.15, 0.2) is 18.2 Å². The Kier molecular flexibility index (Phi) is 4.19. The van der Waals surface area contributed by atoms with Gasteiger partial charge in [-0.2, -0.15) is 0 Å². The second-order valence-electron chi connectivity index (χ2n) is 7.57. The molecule has 0 aliphatic carbocycles. The predicted molar refractivity (Wildman–Crippen MR) is 97.0 cm³/mol. The van der Waals surface area contributed by atoms with E-state index in [1.807, 2.05) is 0 Å². The van der Waals surface area contributed by atoms with Gasteiger partial charge in [0.2, 0.25) is 0 Å². The van der Waals surface area contributed by atoms with Crippen LogP contribution < -0.4 is 5.32 Å². The molecule has 0 unspecified atom stereocenters. The van der Waals surface area contributed by atoms with E-state index in [2.05, 4.69) is 53.9 Å². The monoisotopic (exact) mass is 324 g/mol. The summed E-state index contributed by atoms with van der Waals surface area (Å²) >= 11 is 0. The second kappa shape index (κ2) is 6.34. The minimum absolute atomic E-state index is 0.488. The topological polar surface area (TPSA) is 33.1 Å². The van der Waals surface area contributed by atoms with Gasteiger partial charge in [0.1, 0.15) is 5.82 Å². The summed E-state index contributed by atoms with van der Waals surface area (Å²) in [6, 6.07) is 7.05. The molecule has 2 aliphatic heterocycles. The average molecular weight is 324 g/mol. The van der Waals surface area contributed by atoms with Crippen LogP contribution in [0.3, 0.4) is 0 Å². The molecule has 0 fully saturated rings. The van der Waals surface area contributed by atoms with Crippen LogP contribution in [0.1, 0.15) is 53.7 Å². The molecule has 0 spiro atoms. The molecule has 24 heavy (non-hydrogen) atoms. The Balaban J connectivity index is 1.50. The number of imidazole rings is 1. The summed E-state index contributed by atoms with van der Waals surface area (Å²) in [6.45, 7) is 9.72. The minimum atomic E-state index is 0.488. The maximum atomic E-state index is 4.92. The molecule has 2 aliphatic rings. The third kappa shape index (κ3) is 2.89. The van der Waals surface area contributed by atoms with Crippen molar-refractivity contribution in [3.8, 4) is 0 Å². The molecule has 4 heteroatoms. The third-order valence-corrected chi connectivity index (χ3v) is 5.45. The SMILES string of the molecule is CC(C)c1nc2c(n1C)CCN(Cc1ccc3c(c1)CNCC3)C2. The average Bonchev–Trinajstić information content (AvgIpc) is 2.91. The number of nitrogens with zero attached hydrogens (tertiary/aromatic N) is 3. The number of benzene rings is 1. The van der Waals surface area contributed by atoms with E-state index in [0.29, 0.717) is 5.92 Å². The molecule has 0 saturated carbocycles. The first-order chi connectivity index (χ1) is 11.6. The first kappa shape index (κ1) is 15.9. The number of nitrogens with one attached hydrogen (secondary N) is 1. The fraction of sp³-hybridized carbons (Fsp3) is 0.550. The highest BCUT2D eigenvalue weighted by Crippen LogP contribution is 2.25. The zero-order valence-corrected chi connectivity index (χ0v) is 15.1. The van der Waals surface area contributed by atoms with Gasteiger partial charge in [-0.05, 0) is 29.7 Å². The van der Waals surface area contributed by atoms with Gasteiger partial charge < -0.3 is 9.88 Å². The van der Waals surface area contributed by atoms with Gasteiger partial charge in [0, 0.05) is 51.3 Å². The van der Waals surface area contributed by atoms with Crippen LogP contribution in [0.4, 0.5) is 0 Å². The molecule has 4 rings (SSSR count). The molecule has 0 atom stereocenters. The maximum absolute atomic E-state index is 4.92. The summed E-state index contributed by atoms with van der Waals surface area (Å²) < 4.78 is 2.32. The Morgan fingerprint density at radius 2 is 2.08 bits per heavy atom. The van der Waals surface area contributed by atoms with Crippen LogP contribution in [0.25, 0.3) is 0 Å². The lowest BCUT2D eigenvalue weighted by Crippen LogP contribution is -2.31. The van der Waals surface area contributed by atoms with E-state index in [-0.39, 0.29) is 0 Å². The van der Waals surface area contributed by atoms with Crippen molar-refractivity contribution in [3.05, 3.63) is 52.1 Å². The standard InChI is InChI=1S/C20H28N4/c1-14(2)20-22-18-13-24(9-7-19(18)23(20)3)12-15-4-5-16-6-8-21-11-17(16)10-15/h4-5,10,14,21H,6-9,11-13H2,1-3H3. The molecule has 0 amide bonds. The van der Waals surface area contributed by atoms with Crippen LogP contribution in [-0.2, 0) is 39.5 Å². The molecule has 1 aromatic heterocycles. The Bertz CT molecular complexity index is 744. The molecule has 1 aromatic carbocycles. The predicted octanol–water partition coefficient (Wildman–Crippen LogP) is 2.75. The lowest BCUT2D eigenvalue weighted by molar-refractivity contribution is 0.240. The minimum Gasteiger partial charge on any atom is -0.335 e. The number of aromatic nitrogens is 2. The van der Waals surface area contributed by atoms with Crippen molar-refractivity contribution in [3.63, 3.8) is 0 Å². The first-order valence-electron chi connectivity index (χ1n) is 9.20. The highest BCUT2D eigenvalue weighted by Gasteiger charge is 2.23. The molecule has 4 nitrogen and oxygen atoms in total. The van der Waals surface area contributed by atoms with Crippen LogP contribution >= 0.6 is 0 Å². The number of hydrogen-bond donors (Lipinski definition) is 1. The first-order valence-corrected chi connectivity index (χ1v) is 9.20. The quantitative estimate of drug-likeness (QED) is 0.942. The van der Waals surface area contributed by atoms with Gasteiger partial charge in [0.05, 0.1) is 5.69 Å². The van der Waals surface area contributed by atoms with Crippen molar-refractivity contribution in [2.75, 3.05) is 13.1 Å². The molecular formula is C20H28N4. The molecule has 1 N–H and O–H groups in total. The van der Waals surface area contributed by atoms with E-state index in [1.54, 1.807) is 0 Å². The third-order valence-electron chi connectivity index (χ3n) is 5.45. The zero-order valence-electron chi connectivity index (χ0n) is 15.1. The maximum Gasteiger partial charge on any atom is 0.111 e. The van der Waals surface area contributed by atoms with Gasteiger partial charge in [0.15, 0.2) is 0 Å². The summed E-state index contributed by atoms with van der Waals surface area (Å²) in [5, 5.41) is 3.48. The largest absolute Gasteiger partial charge is 0.335 e. The van der Waals surface area contributed by atoms with Crippen molar-refractivity contribution < 1.29 is 0 Å². The molecule has 128 valence electrons. The van der Waals surface area contributed by atoms with Crippen molar-refractivity contribution in [2.45, 2.75) is 52.2 Å². The smallest absolute Gasteiger partial charge is 0.111 e. The van der Waals surface area contributed by atoms with Crippen LogP contribution in [0.5, 0.6) is 0 Å². The Morgan fingerprint density at radius 1 is 1.21 bits per heavy atom. The van der Waals surface area contributed by atoms with Crippen LogP contribution in [-0.4, -0.2) is 27.5 Å². The molecule has 0 saturated heterocycles. The second-order valence-corrected chi connectivity index (χ2v) is 7.57. The summed E-state index contributed by atoms with van der Waals surface area (Å²) in [7, 11) is 2.17. The van der Waals surface area contributed by atoms with Gasteiger partial charge in [-0.3, -0.25) is 4.90 Å². The van der Waals surface area contributed by atoms with E-state index in [1.165, 1.54) is 33.9 Å². The Morgan fingerprint density at radius 3 is 2.92 bits per heavy atom. The lowest BCUT2D eigenvalue weighted by Gasteiger charge is -2.27. The molecule has 2 aromatic rings. The van der Waals surface area contributed by atoms with Gasteiger partial charge in [-0.15, -0.1) is 0 Å². The summed E-state index contributed by atoms with van der Waals surface area (Å²) in [5.74, 6) is 1.71. The van der Waals surface area contributed by atoms with E-state index in [4.69, 9.17) is 4.98 Å². The van der Waals surface area contributed by atoms with E-state index < -0.39 is 0 Å². The fourth-order valence-corrected chi connectivity index (χ4v) is 4.14. The Hall–Kier alpha value is -1.65. The molecule has 0 radical (unpaired) electrons. The van der Waals surface area contributed by atoms with Crippen molar-refractivity contribution in [1.82, 2.24) is 19.8 Å². The van der Waals surface area contributed by atoms with E-state index in [9.17, 15) is 0 Å². The van der Waals surface area contributed by atoms with Gasteiger partial charge in [-0.1, -0.05) is 32.0 Å². The highest BCUT2D eigenvalue weighted by atomic mass is 15.2. The number of fused-ring (bicyclic) bond motifs is 2. The number of rotatable bonds is 3. The summed E-state index contributed by atoms with van der Waals surface area (Å²) in [6.07, 6.45) is 2.27. The van der Waals surface area contributed by atoms with Crippen LogP contribution in [0, 0.1) is 0 Å². The Labute approximate surface area is 144 Å². The zero-order chi connectivity index (χ0) is 16.7. The van der Waals surface area contributed by atoms with Crippen molar-refractivity contribution in [1.29, 1.82) is 0 Å². The normalized spacial score (nSPS) is 17.8. The van der Waals surface area contributed by atoms with E-state index in [0.717, 1.165) is 45.6 Å². The van der Waals surface area contributed by atoms with Crippen molar-refractivity contribution >= 4 is 0 Å². The van der Waals surface area contributed by atoms with Gasteiger partial charge in [0.25, 0.3) is 0 Å². The van der Waals surface area contributed by atoms with Crippen LogP contribution in [0.2, 0.25) is 0 Å². The molecule has 0 bridgehead atoms. The lowest BCUT2D eigenvalue weighted by atomic mass is 9.98. The van der Waals surface area contributed by atoms with Gasteiger partial charge in [-0.25, -0.2) is 4.98 Å². The summed E-state index contributed by atoms with van der Waals surface area (Å²) in [5.41, 5.74) is 7.15. The summed E-state index contributed by atoms with van der Waals surface area (Å²) in [4.78, 5) is 7.46. The van der Waals surface area contributed by atoms with E-state index >= 15 is 0 Å². The van der Waals surface area contributed by atoms with Gasteiger partial charge >= 0.3 is 0 Å². The molecule has 3 heterocycles.